The molecule has 0 aliphatic heterocycles. The third kappa shape index (κ3) is 2.66. The molecule has 0 radical (unpaired) electrons. The number of nitrogen functional groups attached to an aromatic ring is 1. The molecule has 1 aliphatic carbocycles. The van der Waals surface area contributed by atoms with Gasteiger partial charge in [-0.1, -0.05) is 24.3 Å². The number of nitriles is 1. The number of nitrogens with zero attached hydrogens (tertiary/aromatic N) is 3. The van der Waals surface area contributed by atoms with E-state index in [0.717, 1.165) is 24.0 Å². The molecule has 1 saturated carbocycles. The molecule has 1 aliphatic rings. The zero-order valence-electron chi connectivity index (χ0n) is 13.2. The van der Waals surface area contributed by atoms with Gasteiger partial charge in [0.2, 0.25) is 0 Å². The number of carbonyl (C=O) groups excluding carboxylic acids is 1. The Morgan fingerprint density at radius 1 is 1.43 bits per heavy atom. The monoisotopic (exact) mass is 310 g/mol. The van der Waals surface area contributed by atoms with Crippen LogP contribution in [0.1, 0.15) is 30.9 Å². The van der Waals surface area contributed by atoms with Crippen molar-refractivity contribution in [1.82, 2.24) is 9.78 Å². The molecule has 0 saturated heterocycles. The third-order valence-electron chi connectivity index (χ3n) is 4.32. The third-order valence-corrected chi connectivity index (χ3v) is 4.32. The minimum atomic E-state index is -0.286. The zero-order chi connectivity index (χ0) is 16.6. The lowest BCUT2D eigenvalue weighted by Crippen LogP contribution is -2.16. The van der Waals surface area contributed by atoms with Crippen LogP contribution in [0.15, 0.2) is 24.3 Å². The molecule has 2 N–H and O–H groups in total. The molecule has 3 rings (SSSR count). The van der Waals surface area contributed by atoms with Gasteiger partial charge in [0.15, 0.2) is 0 Å². The van der Waals surface area contributed by atoms with Crippen LogP contribution in [0.2, 0.25) is 0 Å². The molecule has 6 heteroatoms. The van der Waals surface area contributed by atoms with E-state index in [2.05, 4.69) is 22.8 Å². The van der Waals surface area contributed by atoms with E-state index in [-0.39, 0.29) is 17.9 Å². The molecule has 0 unspecified atom stereocenters. The first-order valence-electron chi connectivity index (χ1n) is 7.44. The number of ether oxygens (including phenoxy) is 1. The number of rotatable bonds is 4. The summed E-state index contributed by atoms with van der Waals surface area (Å²) in [6, 6.07) is 9.52. The van der Waals surface area contributed by atoms with Crippen LogP contribution in [0.25, 0.3) is 11.3 Å². The first kappa shape index (κ1) is 15.1. The SMILES string of the molecule is COC(=O)Cc1ccc(-c2nn(C3(C)CC3)c(N)c2C#N)cc1. The smallest absolute Gasteiger partial charge is 0.309 e. The quantitative estimate of drug-likeness (QED) is 0.874. The van der Waals surface area contributed by atoms with E-state index in [0.29, 0.717) is 17.1 Å². The van der Waals surface area contributed by atoms with Gasteiger partial charge in [-0.05, 0) is 25.3 Å². The van der Waals surface area contributed by atoms with Crippen molar-refractivity contribution in [3.63, 3.8) is 0 Å². The summed E-state index contributed by atoms with van der Waals surface area (Å²) in [5.41, 5.74) is 8.68. The number of esters is 1. The van der Waals surface area contributed by atoms with Crippen molar-refractivity contribution in [2.24, 2.45) is 0 Å². The Balaban J connectivity index is 1.96. The predicted molar refractivity (Wildman–Crippen MR) is 85.4 cm³/mol. The fraction of sp³-hybridized carbons (Fsp3) is 0.353. The topological polar surface area (TPSA) is 93.9 Å². The maximum atomic E-state index is 11.3. The number of hydrogen-bond acceptors (Lipinski definition) is 5. The predicted octanol–water partition coefficient (Wildman–Crippen LogP) is 2.23. The molecule has 0 atom stereocenters. The molecule has 6 nitrogen and oxygen atoms in total. The number of benzene rings is 1. The highest BCUT2D eigenvalue weighted by Crippen LogP contribution is 2.45. The molecule has 0 amide bonds. The van der Waals surface area contributed by atoms with Gasteiger partial charge in [0.05, 0.1) is 19.1 Å². The van der Waals surface area contributed by atoms with E-state index in [1.807, 2.05) is 24.3 Å². The van der Waals surface area contributed by atoms with Gasteiger partial charge in [0.25, 0.3) is 0 Å². The van der Waals surface area contributed by atoms with Gasteiger partial charge in [0.1, 0.15) is 23.1 Å². The Labute approximate surface area is 134 Å². The van der Waals surface area contributed by atoms with Crippen molar-refractivity contribution in [3.8, 4) is 17.3 Å². The van der Waals surface area contributed by atoms with Crippen LogP contribution in [0.4, 0.5) is 5.82 Å². The van der Waals surface area contributed by atoms with Crippen molar-refractivity contribution >= 4 is 11.8 Å². The Kier molecular flexibility index (Phi) is 3.57. The summed E-state index contributed by atoms with van der Waals surface area (Å²) in [5.74, 6) is 0.131. The minimum Gasteiger partial charge on any atom is -0.469 e. The summed E-state index contributed by atoms with van der Waals surface area (Å²) in [6.07, 6.45) is 2.25. The lowest BCUT2D eigenvalue weighted by molar-refractivity contribution is -0.139. The second-order valence-corrected chi connectivity index (χ2v) is 6.08. The van der Waals surface area contributed by atoms with Crippen LogP contribution >= 0.6 is 0 Å². The number of methoxy groups -OCH3 is 1. The Hall–Kier alpha value is -2.81. The lowest BCUT2D eigenvalue weighted by Gasteiger charge is -2.10. The number of carbonyl (C=O) groups is 1. The molecular formula is C17H18N4O2. The second kappa shape index (κ2) is 5.43. The maximum absolute atomic E-state index is 11.3. The lowest BCUT2D eigenvalue weighted by atomic mass is 10.0. The van der Waals surface area contributed by atoms with Gasteiger partial charge in [-0.3, -0.25) is 4.79 Å². The molecule has 1 aromatic carbocycles. The fourth-order valence-electron chi connectivity index (χ4n) is 2.57. The van der Waals surface area contributed by atoms with E-state index < -0.39 is 0 Å². The summed E-state index contributed by atoms with van der Waals surface area (Å²) < 4.78 is 6.42. The van der Waals surface area contributed by atoms with E-state index in [1.54, 1.807) is 4.68 Å². The van der Waals surface area contributed by atoms with E-state index in [9.17, 15) is 10.1 Å². The van der Waals surface area contributed by atoms with E-state index in [1.165, 1.54) is 7.11 Å². The second-order valence-electron chi connectivity index (χ2n) is 6.08. The number of nitrogens with two attached hydrogens (primary N) is 1. The van der Waals surface area contributed by atoms with Gasteiger partial charge in [-0.25, -0.2) is 4.68 Å². The van der Waals surface area contributed by atoms with Crippen molar-refractivity contribution in [2.45, 2.75) is 31.7 Å². The Morgan fingerprint density at radius 3 is 2.61 bits per heavy atom. The van der Waals surface area contributed by atoms with Crippen molar-refractivity contribution in [3.05, 3.63) is 35.4 Å². The first-order chi connectivity index (χ1) is 11.0. The average molecular weight is 310 g/mol. The van der Waals surface area contributed by atoms with Gasteiger partial charge < -0.3 is 10.5 Å². The number of hydrogen-bond donors (Lipinski definition) is 1. The van der Waals surface area contributed by atoms with E-state index >= 15 is 0 Å². The van der Waals surface area contributed by atoms with Crippen LogP contribution < -0.4 is 5.73 Å². The molecule has 1 fully saturated rings. The molecule has 0 spiro atoms. The maximum Gasteiger partial charge on any atom is 0.309 e. The van der Waals surface area contributed by atoms with Gasteiger partial charge in [-0.2, -0.15) is 10.4 Å². The fourth-order valence-corrected chi connectivity index (χ4v) is 2.57. The van der Waals surface area contributed by atoms with Gasteiger partial charge in [0, 0.05) is 5.56 Å². The zero-order valence-corrected chi connectivity index (χ0v) is 13.2. The summed E-state index contributed by atoms with van der Waals surface area (Å²) in [5, 5.41) is 14.0. The molecule has 118 valence electrons. The van der Waals surface area contributed by atoms with Crippen LogP contribution in [-0.4, -0.2) is 22.9 Å². The average Bonchev–Trinajstić information content (AvgIpc) is 3.20. The normalized spacial score (nSPS) is 15.0. The van der Waals surface area contributed by atoms with Crippen molar-refractivity contribution in [1.29, 1.82) is 5.26 Å². The minimum absolute atomic E-state index is 0.0707. The Morgan fingerprint density at radius 2 is 2.09 bits per heavy atom. The molecule has 2 aromatic rings. The summed E-state index contributed by atoms with van der Waals surface area (Å²) in [7, 11) is 1.36. The molecule has 0 bridgehead atoms. The van der Waals surface area contributed by atoms with Crippen molar-refractivity contribution < 1.29 is 9.53 Å². The number of aromatic nitrogens is 2. The van der Waals surface area contributed by atoms with E-state index in [4.69, 9.17) is 5.73 Å². The largest absolute Gasteiger partial charge is 0.469 e. The summed E-state index contributed by atoms with van der Waals surface area (Å²) in [4.78, 5) is 11.3. The van der Waals surface area contributed by atoms with Crippen LogP contribution in [-0.2, 0) is 21.5 Å². The first-order valence-corrected chi connectivity index (χ1v) is 7.44. The summed E-state index contributed by atoms with van der Waals surface area (Å²) >= 11 is 0. The highest BCUT2D eigenvalue weighted by Gasteiger charge is 2.42. The van der Waals surface area contributed by atoms with Crippen LogP contribution in [0, 0.1) is 11.3 Å². The Bertz CT molecular complexity index is 795. The van der Waals surface area contributed by atoms with Gasteiger partial charge in [-0.15, -0.1) is 0 Å². The van der Waals surface area contributed by atoms with Crippen molar-refractivity contribution in [2.75, 3.05) is 12.8 Å². The van der Waals surface area contributed by atoms with Gasteiger partial charge >= 0.3 is 5.97 Å². The van der Waals surface area contributed by atoms with Crippen LogP contribution in [0.5, 0.6) is 0 Å². The molecule has 1 heterocycles. The standard InChI is InChI=1S/C17H18N4O2/c1-17(7-8-17)21-16(19)13(10-18)15(20-21)12-5-3-11(4-6-12)9-14(22)23-2/h3-6H,7-9,19H2,1-2H3. The molecule has 23 heavy (non-hydrogen) atoms. The highest BCUT2D eigenvalue weighted by atomic mass is 16.5. The molecular weight excluding hydrogens is 292 g/mol. The molecule has 1 aromatic heterocycles. The van der Waals surface area contributed by atoms with Crippen LogP contribution in [0.3, 0.4) is 0 Å². The summed E-state index contributed by atoms with van der Waals surface area (Å²) in [6.45, 7) is 2.08. The number of anilines is 1. The highest BCUT2D eigenvalue weighted by molar-refractivity contribution is 5.75.